The van der Waals surface area contributed by atoms with Crippen LogP contribution in [0.15, 0.2) is 24.3 Å². The average Bonchev–Trinajstić information content (AvgIpc) is 2.34. The molecular weight excluding hydrogens is 289 g/mol. The number of rotatable bonds is 4. The highest BCUT2D eigenvalue weighted by Crippen LogP contribution is 2.19. The quantitative estimate of drug-likeness (QED) is 0.897. The molecule has 0 unspecified atom stereocenters. The van der Waals surface area contributed by atoms with Crippen molar-refractivity contribution in [2.24, 2.45) is 0 Å². The second-order valence-corrected chi connectivity index (χ2v) is 4.65. The number of benzene rings is 1. The first-order chi connectivity index (χ1) is 9.60. The van der Waals surface area contributed by atoms with Crippen LogP contribution in [0, 0.1) is 0 Å². The van der Waals surface area contributed by atoms with Gasteiger partial charge >= 0.3 is 18.2 Å². The summed E-state index contributed by atoms with van der Waals surface area (Å²) in [7, 11) is 0. The maximum atomic E-state index is 12.4. The fraction of sp³-hybridized carbons (Fsp3) is 0.385. The van der Waals surface area contributed by atoms with Gasteiger partial charge in [0, 0.05) is 11.7 Å². The molecule has 2 amide bonds. The van der Waals surface area contributed by atoms with Gasteiger partial charge in [-0.25, -0.2) is 9.59 Å². The molecule has 1 aromatic carbocycles. The molecule has 1 rings (SSSR count). The summed E-state index contributed by atoms with van der Waals surface area (Å²) in [6.45, 7) is 1.53. The lowest BCUT2D eigenvalue weighted by Crippen LogP contribution is -2.45. The summed E-state index contributed by atoms with van der Waals surface area (Å²) in [5.41, 5.74) is 0.0486. The van der Waals surface area contributed by atoms with Gasteiger partial charge in [0.05, 0.1) is 5.56 Å². The number of amides is 2. The van der Waals surface area contributed by atoms with Gasteiger partial charge in [-0.1, -0.05) is 6.07 Å². The maximum Gasteiger partial charge on any atom is 0.406 e. The van der Waals surface area contributed by atoms with E-state index in [1.807, 2.05) is 0 Å². The van der Waals surface area contributed by atoms with Crippen LogP contribution in [-0.4, -0.2) is 40.8 Å². The first-order valence-electron chi connectivity index (χ1n) is 6.08. The third-order valence-corrected chi connectivity index (χ3v) is 2.59. The monoisotopic (exact) mass is 304 g/mol. The van der Waals surface area contributed by atoms with Crippen molar-refractivity contribution >= 4 is 17.7 Å². The number of alkyl halides is 3. The summed E-state index contributed by atoms with van der Waals surface area (Å²) in [6.07, 6.45) is -4.51. The predicted molar refractivity (Wildman–Crippen MR) is 70.3 cm³/mol. The maximum absolute atomic E-state index is 12.4. The molecule has 0 fully saturated rings. The van der Waals surface area contributed by atoms with Gasteiger partial charge in [0.15, 0.2) is 0 Å². The molecule has 1 aromatic rings. The summed E-state index contributed by atoms with van der Waals surface area (Å²) < 4.78 is 37.3. The van der Waals surface area contributed by atoms with E-state index in [0.29, 0.717) is 4.90 Å². The summed E-state index contributed by atoms with van der Waals surface area (Å²) in [5.74, 6) is -1.19. The van der Waals surface area contributed by atoms with E-state index in [2.05, 4.69) is 5.32 Å². The zero-order chi connectivity index (χ0) is 16.2. The number of carboxylic acid groups (broad SMARTS) is 1. The lowest BCUT2D eigenvalue weighted by Gasteiger charge is -2.27. The number of halogens is 3. The summed E-state index contributed by atoms with van der Waals surface area (Å²) >= 11 is 0. The molecule has 0 bridgehead atoms. The first-order valence-corrected chi connectivity index (χ1v) is 6.08. The number of hydrogen-bond acceptors (Lipinski definition) is 2. The zero-order valence-corrected chi connectivity index (χ0v) is 11.4. The summed E-state index contributed by atoms with van der Waals surface area (Å²) in [5, 5.41) is 11.1. The number of aromatic carboxylic acids is 1. The Morgan fingerprint density at radius 3 is 2.43 bits per heavy atom. The van der Waals surface area contributed by atoms with Crippen molar-refractivity contribution in [3.8, 4) is 0 Å². The Hall–Kier alpha value is -2.25. The second-order valence-electron chi connectivity index (χ2n) is 4.65. The van der Waals surface area contributed by atoms with Crippen molar-refractivity contribution in [1.82, 2.24) is 4.90 Å². The fourth-order valence-corrected chi connectivity index (χ4v) is 1.61. The van der Waals surface area contributed by atoms with E-state index in [1.165, 1.54) is 38.1 Å². The Bertz CT molecular complexity index is 530. The van der Waals surface area contributed by atoms with Crippen LogP contribution in [-0.2, 0) is 0 Å². The molecular formula is C13H15F3N2O3. The van der Waals surface area contributed by atoms with Crippen LogP contribution in [0.3, 0.4) is 0 Å². The second kappa shape index (κ2) is 6.47. The van der Waals surface area contributed by atoms with Crippen molar-refractivity contribution in [2.75, 3.05) is 11.9 Å². The Balaban J connectivity index is 2.87. The van der Waals surface area contributed by atoms with Crippen molar-refractivity contribution in [3.05, 3.63) is 29.8 Å². The molecule has 0 spiro atoms. The number of anilines is 1. The lowest BCUT2D eigenvalue weighted by atomic mass is 10.2. The van der Waals surface area contributed by atoms with Gasteiger partial charge in [-0.3, -0.25) is 0 Å². The highest BCUT2D eigenvalue weighted by Gasteiger charge is 2.34. The largest absolute Gasteiger partial charge is 0.478 e. The van der Waals surface area contributed by atoms with Crippen LogP contribution in [0.1, 0.15) is 24.2 Å². The van der Waals surface area contributed by atoms with Gasteiger partial charge in [0.25, 0.3) is 0 Å². The average molecular weight is 304 g/mol. The van der Waals surface area contributed by atoms with Gasteiger partial charge in [-0.15, -0.1) is 0 Å². The minimum absolute atomic E-state index is 0.0697. The molecule has 21 heavy (non-hydrogen) atoms. The number of urea groups is 1. The number of nitrogens with one attached hydrogen (secondary N) is 1. The molecule has 0 saturated carbocycles. The number of hydrogen-bond donors (Lipinski definition) is 2. The van der Waals surface area contributed by atoms with E-state index >= 15 is 0 Å². The van der Waals surface area contributed by atoms with Gasteiger partial charge in [-0.2, -0.15) is 13.2 Å². The molecule has 0 radical (unpaired) electrons. The van der Waals surface area contributed by atoms with Gasteiger partial charge in [0.2, 0.25) is 0 Å². The van der Waals surface area contributed by atoms with Gasteiger partial charge in [-0.05, 0) is 32.0 Å². The number of carboxylic acids is 1. The minimum atomic E-state index is -4.51. The number of nitrogens with zero attached hydrogens (tertiary/aromatic N) is 1. The summed E-state index contributed by atoms with van der Waals surface area (Å²) in [6, 6.07) is 3.68. The molecule has 8 heteroatoms. The molecule has 0 aliphatic carbocycles. The van der Waals surface area contributed by atoms with Crippen LogP contribution in [0.5, 0.6) is 0 Å². The highest BCUT2D eigenvalue weighted by molar-refractivity contribution is 5.93. The topological polar surface area (TPSA) is 69.6 Å². The van der Waals surface area contributed by atoms with E-state index in [-0.39, 0.29) is 11.3 Å². The van der Waals surface area contributed by atoms with Crippen LogP contribution in [0.25, 0.3) is 0 Å². The zero-order valence-electron chi connectivity index (χ0n) is 11.4. The van der Waals surface area contributed by atoms with Crippen LogP contribution in [0.4, 0.5) is 23.7 Å². The van der Waals surface area contributed by atoms with Crippen LogP contribution in [0.2, 0.25) is 0 Å². The van der Waals surface area contributed by atoms with Crippen molar-refractivity contribution < 1.29 is 27.9 Å². The Morgan fingerprint density at radius 2 is 1.95 bits per heavy atom. The Labute approximate surface area is 119 Å². The molecule has 2 N–H and O–H groups in total. The number of carbonyl (C=O) groups excluding carboxylic acids is 1. The van der Waals surface area contributed by atoms with Crippen molar-refractivity contribution in [1.29, 1.82) is 0 Å². The Morgan fingerprint density at radius 1 is 1.33 bits per heavy atom. The van der Waals surface area contributed by atoms with E-state index in [0.717, 1.165) is 0 Å². The van der Waals surface area contributed by atoms with E-state index in [4.69, 9.17) is 5.11 Å². The lowest BCUT2D eigenvalue weighted by molar-refractivity contribution is -0.142. The van der Waals surface area contributed by atoms with Crippen LogP contribution >= 0.6 is 0 Å². The highest BCUT2D eigenvalue weighted by atomic mass is 19.4. The molecule has 0 aliphatic heterocycles. The fourth-order valence-electron chi connectivity index (χ4n) is 1.61. The van der Waals surface area contributed by atoms with E-state index in [1.54, 1.807) is 0 Å². The Kier molecular flexibility index (Phi) is 5.17. The van der Waals surface area contributed by atoms with E-state index < -0.39 is 30.8 Å². The molecule has 0 atom stereocenters. The van der Waals surface area contributed by atoms with Crippen molar-refractivity contribution in [2.45, 2.75) is 26.1 Å². The predicted octanol–water partition coefficient (Wildman–Crippen LogP) is 3.19. The van der Waals surface area contributed by atoms with Gasteiger partial charge < -0.3 is 15.3 Å². The summed E-state index contributed by atoms with van der Waals surface area (Å²) in [4.78, 5) is 23.3. The molecule has 0 heterocycles. The smallest absolute Gasteiger partial charge is 0.406 e. The SMILES string of the molecule is CC(C)N(CC(F)(F)F)C(=O)Nc1cccc(C(=O)O)c1. The molecule has 5 nitrogen and oxygen atoms in total. The number of carbonyl (C=O) groups is 2. The van der Waals surface area contributed by atoms with E-state index in [9.17, 15) is 22.8 Å². The van der Waals surface area contributed by atoms with Gasteiger partial charge in [0.1, 0.15) is 6.54 Å². The first kappa shape index (κ1) is 16.8. The van der Waals surface area contributed by atoms with Crippen molar-refractivity contribution in [3.63, 3.8) is 0 Å². The molecule has 0 saturated heterocycles. The third-order valence-electron chi connectivity index (χ3n) is 2.59. The third kappa shape index (κ3) is 5.33. The standard InChI is InChI=1S/C13H15F3N2O3/c1-8(2)18(7-13(14,15)16)12(21)17-10-5-3-4-9(6-10)11(19)20/h3-6,8H,7H2,1-2H3,(H,17,21)(H,19,20). The normalized spacial score (nSPS) is 11.3. The molecule has 0 aromatic heterocycles. The molecule has 0 aliphatic rings. The van der Waals surface area contributed by atoms with Crippen LogP contribution < -0.4 is 5.32 Å². The minimum Gasteiger partial charge on any atom is -0.478 e. The molecule has 116 valence electrons.